The molecule has 0 aromatic heterocycles. The maximum atomic E-state index is 2.39. The molecule has 2 aromatic rings. The first-order valence-electron chi connectivity index (χ1n) is 9.22. The number of hydrogen-bond acceptors (Lipinski definition) is 1. The van der Waals surface area contributed by atoms with Crippen LogP contribution in [0.1, 0.15) is 49.3 Å². The zero-order valence-corrected chi connectivity index (χ0v) is 15.0. The van der Waals surface area contributed by atoms with Gasteiger partial charge in [0.05, 0.1) is 6.04 Å². The Labute approximate surface area is 147 Å². The predicted molar refractivity (Wildman–Crippen MR) is 103 cm³/mol. The molecule has 0 fully saturated rings. The summed E-state index contributed by atoms with van der Waals surface area (Å²) in [6.45, 7) is 0. The lowest BCUT2D eigenvalue weighted by Gasteiger charge is -2.32. The van der Waals surface area contributed by atoms with Gasteiger partial charge in [-0.15, -0.1) is 0 Å². The molecule has 3 rings (SSSR count). The molecule has 0 bridgehead atoms. The Kier molecular flexibility index (Phi) is 5.87. The van der Waals surface area contributed by atoms with Crippen molar-refractivity contribution in [3.05, 3.63) is 82.9 Å². The Hall–Kier alpha value is -1.86. The molecule has 0 saturated carbocycles. The topological polar surface area (TPSA) is 3.24 Å². The van der Waals surface area contributed by atoms with Gasteiger partial charge in [0, 0.05) is 0 Å². The van der Waals surface area contributed by atoms with E-state index in [2.05, 4.69) is 79.7 Å². The molecule has 1 unspecified atom stereocenters. The van der Waals surface area contributed by atoms with Crippen molar-refractivity contribution in [3.8, 4) is 0 Å². The van der Waals surface area contributed by atoms with E-state index in [-0.39, 0.29) is 0 Å². The number of nitrogens with zero attached hydrogens (tertiary/aromatic N) is 1. The van der Waals surface area contributed by atoms with E-state index in [0.29, 0.717) is 6.04 Å². The van der Waals surface area contributed by atoms with Crippen LogP contribution in [0.25, 0.3) is 0 Å². The van der Waals surface area contributed by atoms with Crippen molar-refractivity contribution >= 4 is 0 Å². The summed E-state index contributed by atoms with van der Waals surface area (Å²) in [7, 11) is 4.43. The van der Waals surface area contributed by atoms with Gasteiger partial charge in [0.25, 0.3) is 0 Å². The van der Waals surface area contributed by atoms with E-state index < -0.39 is 0 Å². The Bertz CT molecular complexity index is 655. The molecule has 0 aliphatic heterocycles. The van der Waals surface area contributed by atoms with Crippen molar-refractivity contribution in [3.63, 3.8) is 0 Å². The lowest BCUT2D eigenvalue weighted by Crippen LogP contribution is -2.24. The van der Waals surface area contributed by atoms with E-state index in [1.807, 2.05) is 0 Å². The highest BCUT2D eigenvalue weighted by Gasteiger charge is 2.24. The average Bonchev–Trinajstić information content (AvgIpc) is 2.63. The zero-order valence-electron chi connectivity index (χ0n) is 15.0. The average molecular weight is 319 g/mol. The van der Waals surface area contributed by atoms with Gasteiger partial charge >= 0.3 is 0 Å². The van der Waals surface area contributed by atoms with Gasteiger partial charge in [0.15, 0.2) is 0 Å². The van der Waals surface area contributed by atoms with Gasteiger partial charge in [-0.05, 0) is 69.3 Å². The molecule has 0 N–H and O–H groups in total. The van der Waals surface area contributed by atoms with Crippen LogP contribution >= 0.6 is 0 Å². The fourth-order valence-electron chi connectivity index (χ4n) is 3.99. The maximum absolute atomic E-state index is 2.39. The molecule has 0 amide bonds. The molecule has 1 atom stereocenters. The number of aryl methyl sites for hydroxylation is 1. The Morgan fingerprint density at radius 3 is 2.08 bits per heavy atom. The van der Waals surface area contributed by atoms with E-state index >= 15 is 0 Å². The number of allylic oxidation sites excluding steroid dienone is 1. The lowest BCUT2D eigenvalue weighted by atomic mass is 9.82. The molecular weight excluding hydrogens is 290 g/mol. The highest BCUT2D eigenvalue weighted by Crippen LogP contribution is 2.38. The minimum atomic E-state index is 0.428. The van der Waals surface area contributed by atoms with Crippen LogP contribution in [0, 0.1) is 0 Å². The molecule has 126 valence electrons. The van der Waals surface area contributed by atoms with Gasteiger partial charge in [0.2, 0.25) is 0 Å². The number of likely N-dealkylation sites (N-methyl/N-ethyl adjacent to an activating group) is 1. The van der Waals surface area contributed by atoms with Gasteiger partial charge < -0.3 is 0 Å². The molecule has 2 aromatic carbocycles. The summed E-state index contributed by atoms with van der Waals surface area (Å²) in [5.41, 5.74) is 6.26. The maximum Gasteiger partial charge on any atom is 0.0558 e. The van der Waals surface area contributed by atoms with E-state index in [9.17, 15) is 0 Å². The van der Waals surface area contributed by atoms with Crippen LogP contribution in [0.3, 0.4) is 0 Å². The second-order valence-electron chi connectivity index (χ2n) is 7.10. The van der Waals surface area contributed by atoms with Gasteiger partial charge in [0.1, 0.15) is 0 Å². The summed E-state index contributed by atoms with van der Waals surface area (Å²) >= 11 is 0. The van der Waals surface area contributed by atoms with Crippen LogP contribution in [0.5, 0.6) is 0 Å². The standard InChI is InChI=1S/C23H29N/c1-24(2)23(21-14-7-4-8-15-21)22-16-10-9-13-20(22)18-17-19-11-5-3-6-12-19/h3-8,11-12,14-15,23H,9-10,13,16-18H2,1-2H3. The third kappa shape index (κ3) is 4.15. The largest absolute Gasteiger partial charge is 0.299 e. The quantitative estimate of drug-likeness (QED) is 0.609. The van der Waals surface area contributed by atoms with Crippen LogP contribution in [0.2, 0.25) is 0 Å². The monoisotopic (exact) mass is 319 g/mol. The summed E-state index contributed by atoms with van der Waals surface area (Å²) in [6.07, 6.45) is 7.58. The normalized spacial score (nSPS) is 16.5. The number of benzene rings is 2. The third-order valence-electron chi connectivity index (χ3n) is 5.15. The SMILES string of the molecule is CN(C)C(C1=C(CCc2ccccc2)CCCC1)c1ccccc1. The summed E-state index contributed by atoms with van der Waals surface area (Å²) in [6, 6.07) is 22.3. The lowest BCUT2D eigenvalue weighted by molar-refractivity contribution is 0.322. The van der Waals surface area contributed by atoms with Gasteiger partial charge in [-0.2, -0.15) is 0 Å². The second-order valence-corrected chi connectivity index (χ2v) is 7.10. The first kappa shape index (κ1) is 17.0. The van der Waals surface area contributed by atoms with Crippen molar-refractivity contribution in [2.24, 2.45) is 0 Å². The molecule has 0 spiro atoms. The Balaban J connectivity index is 1.86. The van der Waals surface area contributed by atoms with Crippen LogP contribution in [0.15, 0.2) is 71.8 Å². The van der Waals surface area contributed by atoms with Crippen molar-refractivity contribution in [2.75, 3.05) is 14.1 Å². The smallest absolute Gasteiger partial charge is 0.0558 e. The first-order chi connectivity index (χ1) is 11.8. The summed E-state index contributed by atoms with van der Waals surface area (Å²) in [5.74, 6) is 0. The van der Waals surface area contributed by atoms with Crippen molar-refractivity contribution in [1.29, 1.82) is 0 Å². The van der Waals surface area contributed by atoms with E-state index in [4.69, 9.17) is 0 Å². The summed E-state index contributed by atoms with van der Waals surface area (Å²) in [4.78, 5) is 2.39. The van der Waals surface area contributed by atoms with Crippen molar-refractivity contribution in [2.45, 2.75) is 44.6 Å². The second kappa shape index (κ2) is 8.30. The molecule has 24 heavy (non-hydrogen) atoms. The number of rotatable bonds is 6. The molecule has 0 radical (unpaired) electrons. The summed E-state index contributed by atoms with van der Waals surface area (Å²) < 4.78 is 0. The van der Waals surface area contributed by atoms with Gasteiger partial charge in [-0.25, -0.2) is 0 Å². The van der Waals surface area contributed by atoms with Gasteiger partial charge in [-0.3, -0.25) is 4.90 Å². The Morgan fingerprint density at radius 1 is 0.792 bits per heavy atom. The molecule has 1 aliphatic rings. The Morgan fingerprint density at radius 2 is 1.42 bits per heavy atom. The highest BCUT2D eigenvalue weighted by atomic mass is 15.1. The predicted octanol–water partition coefficient (Wildman–Crippen LogP) is 5.79. The molecule has 1 heteroatoms. The third-order valence-corrected chi connectivity index (χ3v) is 5.15. The molecule has 0 saturated heterocycles. The highest BCUT2D eigenvalue weighted by molar-refractivity contribution is 5.33. The van der Waals surface area contributed by atoms with Crippen LogP contribution < -0.4 is 0 Å². The first-order valence-corrected chi connectivity index (χ1v) is 9.22. The summed E-state index contributed by atoms with van der Waals surface area (Å²) in [5, 5.41) is 0. The van der Waals surface area contributed by atoms with E-state index in [1.165, 1.54) is 43.2 Å². The molecule has 0 heterocycles. The molecular formula is C23H29N. The molecule has 1 aliphatic carbocycles. The molecule has 1 nitrogen and oxygen atoms in total. The zero-order chi connectivity index (χ0) is 16.8. The fraction of sp³-hybridized carbons (Fsp3) is 0.391. The van der Waals surface area contributed by atoms with E-state index in [1.54, 1.807) is 11.1 Å². The minimum absolute atomic E-state index is 0.428. The van der Waals surface area contributed by atoms with Crippen LogP contribution in [-0.2, 0) is 6.42 Å². The van der Waals surface area contributed by atoms with Crippen LogP contribution in [-0.4, -0.2) is 19.0 Å². The van der Waals surface area contributed by atoms with Crippen molar-refractivity contribution in [1.82, 2.24) is 4.90 Å². The van der Waals surface area contributed by atoms with Crippen molar-refractivity contribution < 1.29 is 0 Å². The van der Waals surface area contributed by atoms with E-state index in [0.717, 1.165) is 6.42 Å². The van der Waals surface area contributed by atoms with Gasteiger partial charge in [-0.1, -0.05) is 66.2 Å². The fourth-order valence-corrected chi connectivity index (χ4v) is 3.99. The van der Waals surface area contributed by atoms with Crippen LogP contribution in [0.4, 0.5) is 0 Å². The minimum Gasteiger partial charge on any atom is -0.299 e. The number of hydrogen-bond donors (Lipinski definition) is 0.